The van der Waals surface area contributed by atoms with Gasteiger partial charge in [-0.3, -0.25) is 14.5 Å². The maximum Gasteiger partial charge on any atom is 0.319 e. The van der Waals surface area contributed by atoms with Gasteiger partial charge in [0.05, 0.1) is 21.8 Å². The molecule has 1 aliphatic heterocycles. The Kier molecular flexibility index (Phi) is 5.46. The fraction of sp³-hybridized carbons (Fsp3) is 0.250. The topological polar surface area (TPSA) is 78.5 Å². The number of nitrogens with zero attached hydrogens (tertiary/aromatic N) is 1. The number of carbonyl (C=O) groups excluding carboxylic acids is 3. The number of anilines is 1. The lowest BCUT2D eigenvalue weighted by molar-refractivity contribution is 0.0653. The van der Waals surface area contributed by atoms with Gasteiger partial charge in [-0.15, -0.1) is 0 Å². The Morgan fingerprint density at radius 2 is 1.70 bits per heavy atom. The third-order valence-corrected chi connectivity index (χ3v) is 4.69. The monoisotopic (exact) mass is 385 g/mol. The van der Waals surface area contributed by atoms with Gasteiger partial charge in [-0.2, -0.15) is 0 Å². The van der Waals surface area contributed by atoms with Crippen LogP contribution in [-0.2, 0) is 0 Å². The molecule has 0 fully saturated rings. The maximum absolute atomic E-state index is 12.3. The van der Waals surface area contributed by atoms with Gasteiger partial charge in [-0.1, -0.05) is 29.8 Å². The van der Waals surface area contributed by atoms with Crippen LogP contribution in [-0.4, -0.2) is 35.8 Å². The van der Waals surface area contributed by atoms with Crippen LogP contribution in [0, 0.1) is 13.8 Å². The maximum atomic E-state index is 12.3. The highest BCUT2D eigenvalue weighted by Crippen LogP contribution is 2.27. The number of fused-ring (bicyclic) bond motifs is 1. The van der Waals surface area contributed by atoms with E-state index in [0.717, 1.165) is 11.1 Å². The highest BCUT2D eigenvalue weighted by molar-refractivity contribution is 6.34. The standard InChI is InChI=1S/C20H20ClN3O3/c1-12-10-13(2)17(16(21)11-12)23-20(27)22-8-5-9-24-18(25)14-6-3-4-7-15(14)19(24)26/h3-4,6-7,10-11H,5,8-9H2,1-2H3,(H2,22,23,27). The molecule has 4 amide bonds. The number of hydrogen-bond donors (Lipinski definition) is 2. The Morgan fingerprint density at radius 3 is 2.30 bits per heavy atom. The third kappa shape index (κ3) is 3.95. The van der Waals surface area contributed by atoms with Crippen molar-refractivity contribution >= 4 is 35.1 Å². The van der Waals surface area contributed by atoms with Gasteiger partial charge in [0, 0.05) is 13.1 Å². The Balaban J connectivity index is 1.49. The van der Waals surface area contributed by atoms with E-state index in [-0.39, 0.29) is 24.4 Å². The molecule has 3 rings (SSSR count). The number of nitrogens with one attached hydrogen (secondary N) is 2. The SMILES string of the molecule is Cc1cc(C)c(NC(=O)NCCCN2C(=O)c3ccccc3C2=O)c(Cl)c1. The van der Waals surface area contributed by atoms with E-state index in [1.54, 1.807) is 30.3 Å². The second kappa shape index (κ2) is 7.80. The molecule has 0 bridgehead atoms. The molecule has 7 heteroatoms. The van der Waals surface area contributed by atoms with Crippen molar-refractivity contribution in [3.63, 3.8) is 0 Å². The first-order valence-corrected chi connectivity index (χ1v) is 9.03. The molecule has 0 saturated heterocycles. The molecule has 0 aliphatic carbocycles. The van der Waals surface area contributed by atoms with Crippen molar-refractivity contribution < 1.29 is 14.4 Å². The van der Waals surface area contributed by atoms with E-state index in [1.165, 1.54) is 4.90 Å². The number of carbonyl (C=O) groups is 3. The number of benzene rings is 2. The van der Waals surface area contributed by atoms with Crippen molar-refractivity contribution in [1.82, 2.24) is 10.2 Å². The van der Waals surface area contributed by atoms with E-state index in [0.29, 0.717) is 34.8 Å². The summed E-state index contributed by atoms with van der Waals surface area (Å²) in [7, 11) is 0. The van der Waals surface area contributed by atoms with Crippen LogP contribution >= 0.6 is 11.6 Å². The van der Waals surface area contributed by atoms with Crippen molar-refractivity contribution in [2.45, 2.75) is 20.3 Å². The number of amides is 4. The van der Waals surface area contributed by atoms with E-state index < -0.39 is 0 Å². The lowest BCUT2D eigenvalue weighted by Crippen LogP contribution is -2.35. The van der Waals surface area contributed by atoms with Crippen LogP contribution in [0.25, 0.3) is 0 Å². The number of aryl methyl sites for hydroxylation is 2. The summed E-state index contributed by atoms with van der Waals surface area (Å²) in [5.41, 5.74) is 3.32. The molecule has 0 atom stereocenters. The van der Waals surface area contributed by atoms with Gasteiger partial charge in [0.1, 0.15) is 0 Å². The average molecular weight is 386 g/mol. The van der Waals surface area contributed by atoms with Crippen molar-refractivity contribution in [3.05, 3.63) is 63.7 Å². The predicted molar refractivity (Wildman–Crippen MR) is 104 cm³/mol. The summed E-state index contributed by atoms with van der Waals surface area (Å²) in [6.07, 6.45) is 0.458. The summed E-state index contributed by atoms with van der Waals surface area (Å²) < 4.78 is 0. The van der Waals surface area contributed by atoms with Crippen LogP contribution in [0.3, 0.4) is 0 Å². The van der Waals surface area contributed by atoms with Crippen LogP contribution in [0.5, 0.6) is 0 Å². The first-order valence-electron chi connectivity index (χ1n) is 8.65. The van der Waals surface area contributed by atoms with E-state index in [9.17, 15) is 14.4 Å². The Bertz CT molecular complexity index is 868. The summed E-state index contributed by atoms with van der Waals surface area (Å²) in [6, 6.07) is 10.1. The lowest BCUT2D eigenvalue weighted by atomic mass is 10.1. The first-order chi connectivity index (χ1) is 12.9. The molecule has 2 aromatic rings. The van der Waals surface area contributed by atoms with Crippen molar-refractivity contribution in [2.24, 2.45) is 0 Å². The number of urea groups is 1. The molecule has 0 radical (unpaired) electrons. The average Bonchev–Trinajstić information content (AvgIpc) is 2.86. The van der Waals surface area contributed by atoms with Gasteiger partial charge >= 0.3 is 6.03 Å². The molecular weight excluding hydrogens is 366 g/mol. The van der Waals surface area contributed by atoms with Crippen LogP contribution in [0.4, 0.5) is 10.5 Å². The molecule has 6 nitrogen and oxygen atoms in total. The minimum Gasteiger partial charge on any atom is -0.338 e. The zero-order valence-corrected chi connectivity index (χ0v) is 15.9. The molecule has 27 heavy (non-hydrogen) atoms. The smallest absolute Gasteiger partial charge is 0.319 e. The van der Waals surface area contributed by atoms with Crippen molar-refractivity contribution in [1.29, 1.82) is 0 Å². The van der Waals surface area contributed by atoms with Crippen LogP contribution < -0.4 is 10.6 Å². The molecule has 2 N–H and O–H groups in total. The Labute approximate surface area is 162 Å². The van der Waals surface area contributed by atoms with Crippen molar-refractivity contribution in [2.75, 3.05) is 18.4 Å². The van der Waals surface area contributed by atoms with E-state index in [2.05, 4.69) is 10.6 Å². The van der Waals surface area contributed by atoms with Crippen molar-refractivity contribution in [3.8, 4) is 0 Å². The molecule has 0 spiro atoms. The van der Waals surface area contributed by atoms with Gasteiger partial charge < -0.3 is 10.6 Å². The second-order valence-electron chi connectivity index (χ2n) is 6.48. The molecule has 1 aliphatic rings. The molecular formula is C20H20ClN3O3. The summed E-state index contributed by atoms with van der Waals surface area (Å²) >= 11 is 6.18. The second-order valence-corrected chi connectivity index (χ2v) is 6.89. The van der Waals surface area contributed by atoms with E-state index in [1.807, 2.05) is 19.9 Å². The number of halogens is 1. The fourth-order valence-corrected chi connectivity index (χ4v) is 3.48. The number of hydrogen-bond acceptors (Lipinski definition) is 3. The summed E-state index contributed by atoms with van der Waals surface area (Å²) in [5.74, 6) is -0.579. The first kappa shape index (κ1) is 18.9. The van der Waals surface area contributed by atoms with Gasteiger partial charge in [-0.05, 0) is 49.6 Å². The molecule has 2 aromatic carbocycles. The van der Waals surface area contributed by atoms with Gasteiger partial charge in [0.15, 0.2) is 0 Å². The lowest BCUT2D eigenvalue weighted by Gasteiger charge is -2.15. The molecule has 0 aromatic heterocycles. The number of imide groups is 1. The third-order valence-electron chi connectivity index (χ3n) is 4.39. The quantitative estimate of drug-likeness (QED) is 0.607. The minimum absolute atomic E-state index is 0.247. The van der Waals surface area contributed by atoms with Gasteiger partial charge in [-0.25, -0.2) is 4.79 Å². The minimum atomic E-state index is -0.383. The largest absolute Gasteiger partial charge is 0.338 e. The van der Waals surface area contributed by atoms with E-state index >= 15 is 0 Å². The van der Waals surface area contributed by atoms with Gasteiger partial charge in [0.2, 0.25) is 0 Å². The summed E-state index contributed by atoms with van der Waals surface area (Å²) in [4.78, 5) is 37.8. The van der Waals surface area contributed by atoms with Gasteiger partial charge in [0.25, 0.3) is 11.8 Å². The normalized spacial score (nSPS) is 12.9. The van der Waals surface area contributed by atoms with Crippen LogP contribution in [0.2, 0.25) is 5.02 Å². The summed E-state index contributed by atoms with van der Waals surface area (Å²) in [6.45, 7) is 4.37. The Hall–Kier alpha value is -2.86. The fourth-order valence-electron chi connectivity index (χ4n) is 3.11. The predicted octanol–water partition coefficient (Wildman–Crippen LogP) is 3.76. The molecule has 0 saturated carbocycles. The molecule has 0 unspecified atom stereocenters. The highest BCUT2D eigenvalue weighted by atomic mass is 35.5. The Morgan fingerprint density at radius 1 is 1.07 bits per heavy atom. The zero-order chi connectivity index (χ0) is 19.6. The summed E-state index contributed by atoms with van der Waals surface area (Å²) in [5, 5.41) is 5.93. The van der Waals surface area contributed by atoms with Crippen LogP contribution in [0.1, 0.15) is 38.3 Å². The highest BCUT2D eigenvalue weighted by Gasteiger charge is 2.34. The zero-order valence-electron chi connectivity index (χ0n) is 15.1. The van der Waals surface area contributed by atoms with E-state index in [4.69, 9.17) is 11.6 Å². The van der Waals surface area contributed by atoms with Crippen LogP contribution in [0.15, 0.2) is 36.4 Å². The number of rotatable bonds is 5. The molecule has 140 valence electrons. The molecule has 1 heterocycles.